The quantitative estimate of drug-likeness (QED) is 0.890. The molecule has 1 N–H and O–H groups in total. The van der Waals surface area contributed by atoms with Gasteiger partial charge in [-0.15, -0.1) is 0 Å². The van der Waals surface area contributed by atoms with Gasteiger partial charge in [0.15, 0.2) is 0 Å². The molecule has 1 amide bonds. The Bertz CT molecular complexity index is 624. The highest BCUT2D eigenvalue weighted by atomic mass is 16.5. The van der Waals surface area contributed by atoms with E-state index in [1.807, 2.05) is 44.2 Å². The van der Waals surface area contributed by atoms with Crippen LogP contribution in [0.15, 0.2) is 48.7 Å². The van der Waals surface area contributed by atoms with Crippen molar-refractivity contribution in [3.8, 4) is 11.6 Å². The van der Waals surface area contributed by atoms with Gasteiger partial charge >= 0.3 is 0 Å². The number of benzene rings is 1. The van der Waals surface area contributed by atoms with Crippen LogP contribution in [-0.4, -0.2) is 39.6 Å². The SMILES string of the molecule is CC(O)CN(C(=O)c1ccc(Oc2ccccc2)nc1)C(C)C. The van der Waals surface area contributed by atoms with Gasteiger partial charge in [0, 0.05) is 24.8 Å². The van der Waals surface area contributed by atoms with E-state index in [9.17, 15) is 9.90 Å². The third-order valence-electron chi connectivity index (χ3n) is 3.29. The Morgan fingerprint density at radius 2 is 1.87 bits per heavy atom. The first-order valence-corrected chi connectivity index (χ1v) is 7.65. The lowest BCUT2D eigenvalue weighted by Crippen LogP contribution is -2.41. The van der Waals surface area contributed by atoms with Gasteiger partial charge in [-0.3, -0.25) is 4.79 Å². The zero-order chi connectivity index (χ0) is 16.8. The van der Waals surface area contributed by atoms with Crippen LogP contribution in [0, 0.1) is 0 Å². The highest BCUT2D eigenvalue weighted by Gasteiger charge is 2.20. The molecule has 1 aromatic heterocycles. The fourth-order valence-corrected chi connectivity index (χ4v) is 2.16. The van der Waals surface area contributed by atoms with E-state index in [1.165, 1.54) is 6.20 Å². The van der Waals surface area contributed by atoms with Gasteiger partial charge in [-0.2, -0.15) is 0 Å². The van der Waals surface area contributed by atoms with E-state index in [0.29, 0.717) is 23.7 Å². The van der Waals surface area contributed by atoms with Crippen LogP contribution >= 0.6 is 0 Å². The molecule has 0 saturated heterocycles. The van der Waals surface area contributed by atoms with Crippen molar-refractivity contribution in [3.63, 3.8) is 0 Å². The minimum absolute atomic E-state index is 0.00246. The van der Waals surface area contributed by atoms with Crippen molar-refractivity contribution in [2.45, 2.75) is 32.9 Å². The number of carbonyl (C=O) groups is 1. The number of para-hydroxylation sites is 1. The largest absolute Gasteiger partial charge is 0.439 e. The van der Waals surface area contributed by atoms with Gasteiger partial charge < -0.3 is 14.7 Å². The summed E-state index contributed by atoms with van der Waals surface area (Å²) in [6.45, 7) is 5.79. The molecular formula is C18H22N2O3. The molecule has 0 fully saturated rings. The molecule has 5 nitrogen and oxygen atoms in total. The van der Waals surface area contributed by atoms with E-state index >= 15 is 0 Å². The summed E-state index contributed by atoms with van der Waals surface area (Å²) >= 11 is 0. The minimum atomic E-state index is -0.574. The molecule has 2 aromatic rings. The number of hydrogen-bond acceptors (Lipinski definition) is 4. The predicted molar refractivity (Wildman–Crippen MR) is 88.6 cm³/mol. The molecule has 0 saturated carbocycles. The Hall–Kier alpha value is -2.40. The molecule has 0 radical (unpaired) electrons. The maximum absolute atomic E-state index is 12.5. The van der Waals surface area contributed by atoms with E-state index in [0.717, 1.165) is 0 Å². The maximum Gasteiger partial charge on any atom is 0.255 e. The fourth-order valence-electron chi connectivity index (χ4n) is 2.16. The number of aliphatic hydroxyl groups excluding tert-OH is 1. The lowest BCUT2D eigenvalue weighted by atomic mass is 10.2. The van der Waals surface area contributed by atoms with Crippen LogP contribution in [0.25, 0.3) is 0 Å². The first kappa shape index (κ1) is 17.0. The van der Waals surface area contributed by atoms with Crippen molar-refractivity contribution in [2.24, 2.45) is 0 Å². The predicted octanol–water partition coefficient (Wildman–Crippen LogP) is 3.11. The van der Waals surface area contributed by atoms with Crippen molar-refractivity contribution in [2.75, 3.05) is 6.54 Å². The summed E-state index contributed by atoms with van der Waals surface area (Å²) < 4.78 is 5.61. The third kappa shape index (κ3) is 4.79. The molecule has 122 valence electrons. The summed E-state index contributed by atoms with van der Waals surface area (Å²) in [6, 6.07) is 12.7. The number of aromatic nitrogens is 1. The molecule has 0 spiro atoms. The first-order chi connectivity index (χ1) is 11.0. The Balaban J connectivity index is 2.10. The topological polar surface area (TPSA) is 62.7 Å². The van der Waals surface area contributed by atoms with Crippen molar-refractivity contribution in [3.05, 3.63) is 54.2 Å². The zero-order valence-electron chi connectivity index (χ0n) is 13.6. The second-order valence-electron chi connectivity index (χ2n) is 5.70. The normalized spacial score (nSPS) is 12.0. The molecular weight excluding hydrogens is 292 g/mol. The highest BCUT2D eigenvalue weighted by molar-refractivity contribution is 5.94. The third-order valence-corrected chi connectivity index (χ3v) is 3.29. The van der Waals surface area contributed by atoms with Gasteiger partial charge in [-0.05, 0) is 39.0 Å². The van der Waals surface area contributed by atoms with E-state index in [-0.39, 0.29) is 11.9 Å². The molecule has 2 rings (SSSR count). The van der Waals surface area contributed by atoms with Gasteiger partial charge in [0.2, 0.25) is 5.88 Å². The Kier molecular flexibility index (Phi) is 5.71. The zero-order valence-corrected chi connectivity index (χ0v) is 13.6. The number of pyridine rings is 1. The number of carbonyl (C=O) groups excluding carboxylic acids is 1. The summed E-state index contributed by atoms with van der Waals surface area (Å²) in [5.74, 6) is 0.969. The van der Waals surface area contributed by atoms with Crippen LogP contribution in [0.4, 0.5) is 0 Å². The second kappa shape index (κ2) is 7.74. The molecule has 0 aliphatic rings. The molecule has 1 atom stereocenters. The number of rotatable bonds is 6. The lowest BCUT2D eigenvalue weighted by Gasteiger charge is -2.28. The molecule has 23 heavy (non-hydrogen) atoms. The van der Waals surface area contributed by atoms with Crippen LogP contribution < -0.4 is 4.74 Å². The van der Waals surface area contributed by atoms with E-state index in [2.05, 4.69) is 4.98 Å². The number of ether oxygens (including phenoxy) is 1. The summed E-state index contributed by atoms with van der Waals surface area (Å²) in [4.78, 5) is 18.3. The standard InChI is InChI=1S/C18H22N2O3/c1-13(2)20(12-14(3)21)18(22)15-9-10-17(19-11-15)23-16-7-5-4-6-8-16/h4-11,13-14,21H,12H2,1-3H3. The number of amides is 1. The molecule has 1 unspecified atom stereocenters. The number of nitrogens with zero attached hydrogens (tertiary/aromatic N) is 2. The van der Waals surface area contributed by atoms with Crippen molar-refractivity contribution < 1.29 is 14.6 Å². The molecule has 5 heteroatoms. The smallest absolute Gasteiger partial charge is 0.255 e. The molecule has 0 bridgehead atoms. The van der Waals surface area contributed by atoms with Crippen LogP contribution in [-0.2, 0) is 0 Å². The average Bonchev–Trinajstić information content (AvgIpc) is 2.53. The van der Waals surface area contributed by atoms with Crippen molar-refractivity contribution in [1.82, 2.24) is 9.88 Å². The van der Waals surface area contributed by atoms with Crippen LogP contribution in [0.2, 0.25) is 0 Å². The Labute approximate surface area is 136 Å². The van der Waals surface area contributed by atoms with Gasteiger partial charge in [0.25, 0.3) is 5.91 Å². The summed E-state index contributed by atoms with van der Waals surface area (Å²) in [5, 5.41) is 9.55. The van der Waals surface area contributed by atoms with Crippen LogP contribution in [0.3, 0.4) is 0 Å². The summed E-state index contributed by atoms with van der Waals surface area (Å²) in [6.07, 6.45) is 0.924. The van der Waals surface area contributed by atoms with E-state index < -0.39 is 6.10 Å². The molecule has 1 heterocycles. The summed E-state index contributed by atoms with van der Waals surface area (Å²) in [7, 11) is 0. The van der Waals surface area contributed by atoms with Crippen molar-refractivity contribution in [1.29, 1.82) is 0 Å². The average molecular weight is 314 g/mol. The highest BCUT2D eigenvalue weighted by Crippen LogP contribution is 2.19. The Morgan fingerprint density at radius 3 is 2.39 bits per heavy atom. The fraction of sp³-hybridized carbons (Fsp3) is 0.333. The van der Waals surface area contributed by atoms with Gasteiger partial charge in [0.05, 0.1) is 11.7 Å². The van der Waals surface area contributed by atoms with Gasteiger partial charge in [-0.1, -0.05) is 18.2 Å². The molecule has 0 aliphatic carbocycles. The van der Waals surface area contributed by atoms with E-state index in [4.69, 9.17) is 4.74 Å². The van der Waals surface area contributed by atoms with Gasteiger partial charge in [-0.25, -0.2) is 4.98 Å². The Morgan fingerprint density at radius 1 is 1.17 bits per heavy atom. The summed E-state index contributed by atoms with van der Waals surface area (Å²) in [5.41, 5.74) is 0.472. The minimum Gasteiger partial charge on any atom is -0.439 e. The maximum atomic E-state index is 12.5. The second-order valence-corrected chi connectivity index (χ2v) is 5.70. The first-order valence-electron chi connectivity index (χ1n) is 7.65. The molecule has 1 aromatic carbocycles. The van der Waals surface area contributed by atoms with Crippen molar-refractivity contribution >= 4 is 5.91 Å². The monoisotopic (exact) mass is 314 g/mol. The number of hydrogen-bond donors (Lipinski definition) is 1. The van der Waals surface area contributed by atoms with Gasteiger partial charge in [0.1, 0.15) is 5.75 Å². The lowest BCUT2D eigenvalue weighted by molar-refractivity contribution is 0.0578. The number of aliphatic hydroxyl groups is 1. The van der Waals surface area contributed by atoms with Crippen LogP contribution in [0.1, 0.15) is 31.1 Å². The van der Waals surface area contributed by atoms with Crippen LogP contribution in [0.5, 0.6) is 11.6 Å². The van der Waals surface area contributed by atoms with E-state index in [1.54, 1.807) is 24.0 Å². The molecule has 0 aliphatic heterocycles.